The van der Waals surface area contributed by atoms with Gasteiger partial charge in [-0.15, -0.1) is 0 Å². The van der Waals surface area contributed by atoms with Crippen LogP contribution in [-0.2, 0) is 0 Å². The highest BCUT2D eigenvalue weighted by Gasteiger charge is 2.27. The number of benzene rings is 1. The van der Waals surface area contributed by atoms with Gasteiger partial charge in [0, 0.05) is 22.5 Å². The number of hydrogen-bond acceptors (Lipinski definition) is 1. The molecule has 0 heterocycles. The molecule has 0 saturated carbocycles. The minimum atomic E-state index is -4.11. The molecule has 1 nitrogen and oxygen atoms in total. The van der Waals surface area contributed by atoms with Crippen LogP contribution < -0.4 is 5.32 Å². The third-order valence-corrected chi connectivity index (χ3v) is 3.21. The summed E-state index contributed by atoms with van der Waals surface area (Å²) in [5.41, 5.74) is 0.730. The van der Waals surface area contributed by atoms with Gasteiger partial charge in [0.05, 0.1) is 0 Å². The molecular formula is C12H14Cl2F3N. The van der Waals surface area contributed by atoms with E-state index in [1.54, 1.807) is 25.2 Å². The number of hydrogen-bond donors (Lipinski definition) is 1. The van der Waals surface area contributed by atoms with E-state index in [2.05, 4.69) is 5.32 Å². The Bertz CT molecular complexity index is 393. The molecule has 1 rings (SSSR count). The van der Waals surface area contributed by atoms with Gasteiger partial charge in [0.25, 0.3) is 0 Å². The lowest BCUT2D eigenvalue weighted by Gasteiger charge is -2.18. The Kier molecular flexibility index (Phi) is 5.76. The monoisotopic (exact) mass is 299 g/mol. The molecule has 0 spiro atoms. The fourth-order valence-electron chi connectivity index (χ4n) is 1.74. The largest absolute Gasteiger partial charge is 0.389 e. The minimum Gasteiger partial charge on any atom is -0.313 e. The van der Waals surface area contributed by atoms with Crippen molar-refractivity contribution in [3.05, 3.63) is 33.8 Å². The molecule has 1 atom stereocenters. The molecule has 0 fully saturated rings. The maximum atomic E-state index is 12.1. The lowest BCUT2D eigenvalue weighted by molar-refractivity contribution is -0.135. The van der Waals surface area contributed by atoms with E-state index in [0.29, 0.717) is 16.5 Å². The molecule has 0 aliphatic heterocycles. The number of alkyl halides is 3. The second kappa shape index (κ2) is 6.64. The Hall–Kier alpha value is -0.450. The van der Waals surface area contributed by atoms with Crippen molar-refractivity contribution in [2.75, 3.05) is 7.05 Å². The Labute approximate surface area is 114 Å². The Balaban J connectivity index is 2.68. The van der Waals surface area contributed by atoms with Gasteiger partial charge in [0.2, 0.25) is 0 Å². The topological polar surface area (TPSA) is 12.0 Å². The van der Waals surface area contributed by atoms with E-state index in [9.17, 15) is 13.2 Å². The van der Waals surface area contributed by atoms with Crippen LogP contribution in [-0.4, -0.2) is 13.2 Å². The summed E-state index contributed by atoms with van der Waals surface area (Å²) in [7, 11) is 1.69. The number of rotatable bonds is 5. The maximum Gasteiger partial charge on any atom is 0.389 e. The first-order valence-electron chi connectivity index (χ1n) is 5.52. The van der Waals surface area contributed by atoms with Crippen molar-refractivity contribution in [2.45, 2.75) is 31.5 Å². The van der Waals surface area contributed by atoms with E-state index in [1.807, 2.05) is 0 Å². The predicted octanol–water partition coefficient (Wildman–Crippen LogP) is 4.99. The minimum absolute atomic E-state index is 0.0534. The van der Waals surface area contributed by atoms with E-state index in [1.165, 1.54) is 0 Å². The van der Waals surface area contributed by atoms with E-state index < -0.39 is 12.6 Å². The third kappa shape index (κ3) is 5.04. The average molecular weight is 300 g/mol. The SMILES string of the molecule is CNC(CCCC(F)(F)F)c1cc(Cl)ccc1Cl. The van der Waals surface area contributed by atoms with E-state index >= 15 is 0 Å². The van der Waals surface area contributed by atoms with Crippen molar-refractivity contribution in [3.63, 3.8) is 0 Å². The van der Waals surface area contributed by atoms with Crippen LogP contribution in [0.25, 0.3) is 0 Å². The summed E-state index contributed by atoms with van der Waals surface area (Å²) in [5, 5.41) is 3.99. The molecule has 6 heteroatoms. The van der Waals surface area contributed by atoms with Crippen molar-refractivity contribution in [3.8, 4) is 0 Å². The second-order valence-electron chi connectivity index (χ2n) is 4.01. The second-order valence-corrected chi connectivity index (χ2v) is 4.86. The average Bonchev–Trinajstić information content (AvgIpc) is 2.27. The van der Waals surface area contributed by atoms with Crippen molar-refractivity contribution in [1.29, 1.82) is 0 Å². The molecule has 0 radical (unpaired) electrons. The molecule has 0 saturated heterocycles. The molecule has 0 aliphatic carbocycles. The van der Waals surface area contributed by atoms with Gasteiger partial charge in [-0.05, 0) is 43.7 Å². The Morgan fingerprint density at radius 2 is 1.94 bits per heavy atom. The van der Waals surface area contributed by atoms with Gasteiger partial charge >= 0.3 is 6.18 Å². The molecule has 102 valence electrons. The Morgan fingerprint density at radius 3 is 2.50 bits per heavy atom. The molecule has 18 heavy (non-hydrogen) atoms. The van der Waals surface area contributed by atoms with Crippen molar-refractivity contribution in [2.24, 2.45) is 0 Å². The first kappa shape index (κ1) is 15.6. The van der Waals surface area contributed by atoms with E-state index in [-0.39, 0.29) is 12.5 Å². The van der Waals surface area contributed by atoms with Gasteiger partial charge in [-0.2, -0.15) is 13.2 Å². The zero-order valence-electron chi connectivity index (χ0n) is 9.82. The van der Waals surface area contributed by atoms with Crippen molar-refractivity contribution >= 4 is 23.2 Å². The third-order valence-electron chi connectivity index (χ3n) is 2.63. The summed E-state index contributed by atoms with van der Waals surface area (Å²) in [6.07, 6.45) is -4.49. The van der Waals surface area contributed by atoms with Crippen LogP contribution in [0.1, 0.15) is 30.9 Å². The highest BCUT2D eigenvalue weighted by atomic mass is 35.5. The fourth-order valence-corrected chi connectivity index (χ4v) is 2.17. The van der Waals surface area contributed by atoms with Crippen LogP contribution in [0.3, 0.4) is 0 Å². The van der Waals surface area contributed by atoms with Crippen molar-refractivity contribution < 1.29 is 13.2 Å². The number of halogens is 5. The Morgan fingerprint density at radius 1 is 1.28 bits per heavy atom. The summed E-state index contributed by atoms with van der Waals surface area (Å²) in [4.78, 5) is 0. The van der Waals surface area contributed by atoms with Crippen LogP contribution in [0.4, 0.5) is 13.2 Å². The zero-order chi connectivity index (χ0) is 13.8. The van der Waals surface area contributed by atoms with E-state index in [0.717, 1.165) is 5.56 Å². The molecule has 0 aromatic heterocycles. The molecule has 1 unspecified atom stereocenters. The highest BCUT2D eigenvalue weighted by molar-refractivity contribution is 6.33. The van der Waals surface area contributed by atoms with Gasteiger partial charge < -0.3 is 5.32 Å². The molecular weight excluding hydrogens is 286 g/mol. The first-order chi connectivity index (χ1) is 8.33. The van der Waals surface area contributed by atoms with Gasteiger partial charge in [-0.25, -0.2) is 0 Å². The van der Waals surface area contributed by atoms with Gasteiger partial charge in [0.1, 0.15) is 0 Å². The fraction of sp³-hybridized carbons (Fsp3) is 0.500. The predicted molar refractivity (Wildman–Crippen MR) is 68.2 cm³/mol. The summed E-state index contributed by atoms with van der Waals surface area (Å²) < 4.78 is 36.3. The summed E-state index contributed by atoms with van der Waals surface area (Å²) >= 11 is 11.9. The van der Waals surface area contributed by atoms with Crippen LogP contribution in [0, 0.1) is 0 Å². The zero-order valence-corrected chi connectivity index (χ0v) is 11.3. The summed E-state index contributed by atoms with van der Waals surface area (Å²) in [6, 6.07) is 4.75. The van der Waals surface area contributed by atoms with Gasteiger partial charge in [-0.1, -0.05) is 23.2 Å². The normalized spacial score (nSPS) is 13.7. The molecule has 0 amide bonds. The molecule has 1 aromatic rings. The smallest absolute Gasteiger partial charge is 0.313 e. The molecule has 0 bridgehead atoms. The first-order valence-corrected chi connectivity index (χ1v) is 6.28. The van der Waals surface area contributed by atoms with Crippen molar-refractivity contribution in [1.82, 2.24) is 5.32 Å². The summed E-state index contributed by atoms with van der Waals surface area (Å²) in [5.74, 6) is 0. The standard InChI is InChI=1S/C12H14Cl2F3N/c1-18-11(3-2-6-12(15,16)17)9-7-8(13)4-5-10(9)14/h4-5,7,11,18H,2-3,6H2,1H3. The number of nitrogens with one attached hydrogen (secondary N) is 1. The van der Waals surface area contributed by atoms with Gasteiger partial charge in [0.15, 0.2) is 0 Å². The molecule has 0 aliphatic rings. The maximum absolute atomic E-state index is 12.1. The van der Waals surface area contributed by atoms with E-state index in [4.69, 9.17) is 23.2 Å². The molecule has 1 aromatic carbocycles. The quantitative estimate of drug-likeness (QED) is 0.808. The summed E-state index contributed by atoms with van der Waals surface area (Å²) in [6.45, 7) is 0. The lowest BCUT2D eigenvalue weighted by Crippen LogP contribution is -2.18. The highest BCUT2D eigenvalue weighted by Crippen LogP contribution is 2.31. The van der Waals surface area contributed by atoms with Gasteiger partial charge in [-0.3, -0.25) is 0 Å². The molecule has 1 N–H and O–H groups in total. The van der Waals surface area contributed by atoms with Crippen LogP contribution in [0.5, 0.6) is 0 Å². The lowest BCUT2D eigenvalue weighted by atomic mass is 10.0. The van der Waals surface area contributed by atoms with Crippen LogP contribution in [0.2, 0.25) is 10.0 Å². The van der Waals surface area contributed by atoms with Crippen LogP contribution >= 0.6 is 23.2 Å². The van der Waals surface area contributed by atoms with Crippen LogP contribution in [0.15, 0.2) is 18.2 Å².